The molecule has 21 heavy (non-hydrogen) atoms. The molecular formula is C13H14FN3O3S. The van der Waals surface area contributed by atoms with E-state index in [9.17, 15) is 12.8 Å². The van der Waals surface area contributed by atoms with Crippen molar-refractivity contribution in [1.29, 1.82) is 0 Å². The molecule has 0 aliphatic carbocycles. The van der Waals surface area contributed by atoms with E-state index in [0.717, 1.165) is 0 Å². The molecule has 2 aromatic rings. The van der Waals surface area contributed by atoms with E-state index in [2.05, 4.69) is 15.5 Å². The van der Waals surface area contributed by atoms with Crippen molar-refractivity contribution in [3.05, 3.63) is 36.0 Å². The summed E-state index contributed by atoms with van der Waals surface area (Å²) in [5.41, 5.74) is 0.536. The molecule has 0 saturated carbocycles. The van der Waals surface area contributed by atoms with Gasteiger partial charge in [-0.15, -0.1) is 0 Å². The van der Waals surface area contributed by atoms with Gasteiger partial charge in [0.05, 0.1) is 18.1 Å². The summed E-state index contributed by atoms with van der Waals surface area (Å²) in [6, 6.07) is 5.84. The van der Waals surface area contributed by atoms with Crippen LogP contribution in [0.15, 0.2) is 28.8 Å². The van der Waals surface area contributed by atoms with Gasteiger partial charge in [0.1, 0.15) is 5.82 Å². The number of benzene rings is 1. The Labute approximate surface area is 121 Å². The summed E-state index contributed by atoms with van der Waals surface area (Å²) >= 11 is 0. The lowest BCUT2D eigenvalue weighted by molar-refractivity contribution is 0.360. The van der Waals surface area contributed by atoms with Gasteiger partial charge in [-0.05, 0) is 18.6 Å². The number of hydrogen-bond acceptors (Lipinski definition) is 6. The van der Waals surface area contributed by atoms with Crippen LogP contribution in [0.4, 0.5) is 4.39 Å². The lowest BCUT2D eigenvalue weighted by Crippen LogP contribution is -2.29. The average Bonchev–Trinajstić information content (AvgIpc) is 3.03. The second-order valence-corrected chi connectivity index (χ2v) is 7.23. The predicted octanol–water partition coefficient (Wildman–Crippen LogP) is 1.15. The third kappa shape index (κ3) is 3.45. The van der Waals surface area contributed by atoms with Gasteiger partial charge in [0.2, 0.25) is 11.7 Å². The minimum absolute atomic E-state index is 0.0838. The summed E-state index contributed by atoms with van der Waals surface area (Å²) < 4.78 is 40.9. The van der Waals surface area contributed by atoms with Gasteiger partial charge in [0.15, 0.2) is 9.84 Å². The van der Waals surface area contributed by atoms with Crippen LogP contribution in [0.2, 0.25) is 0 Å². The van der Waals surface area contributed by atoms with Gasteiger partial charge in [0.25, 0.3) is 0 Å². The van der Waals surface area contributed by atoms with E-state index in [4.69, 9.17) is 4.52 Å². The van der Waals surface area contributed by atoms with Crippen molar-refractivity contribution in [2.75, 3.05) is 11.5 Å². The predicted molar refractivity (Wildman–Crippen MR) is 73.6 cm³/mol. The molecule has 0 bridgehead atoms. The third-order valence-corrected chi connectivity index (χ3v) is 5.09. The van der Waals surface area contributed by atoms with E-state index in [1.807, 2.05) is 0 Å². The number of nitrogens with one attached hydrogen (secondary N) is 1. The molecule has 0 spiro atoms. The molecule has 0 radical (unpaired) electrons. The normalized spacial score (nSPS) is 20.7. The van der Waals surface area contributed by atoms with Gasteiger partial charge in [-0.25, -0.2) is 12.8 Å². The van der Waals surface area contributed by atoms with E-state index >= 15 is 0 Å². The second-order valence-electron chi connectivity index (χ2n) is 5.00. The molecule has 112 valence electrons. The summed E-state index contributed by atoms with van der Waals surface area (Å²) in [6.45, 7) is 0.294. The number of rotatable bonds is 4. The Hall–Kier alpha value is -1.80. The average molecular weight is 311 g/mol. The van der Waals surface area contributed by atoms with Crippen LogP contribution in [0.1, 0.15) is 12.3 Å². The Bertz CT molecular complexity index is 745. The SMILES string of the molecule is O=S1(=O)CCC(NCc2nc(-c3cccc(F)c3)no2)C1. The zero-order valence-corrected chi connectivity index (χ0v) is 11.9. The Balaban J connectivity index is 1.63. The standard InChI is InChI=1S/C13H14FN3O3S/c14-10-3-1-2-9(6-10)13-16-12(20-17-13)7-15-11-4-5-21(18,19)8-11/h1-3,6,11,15H,4-5,7-8H2. The van der Waals surface area contributed by atoms with Crippen LogP contribution in [-0.2, 0) is 16.4 Å². The number of aromatic nitrogens is 2. The first-order valence-electron chi connectivity index (χ1n) is 6.54. The Morgan fingerprint density at radius 1 is 1.43 bits per heavy atom. The fourth-order valence-corrected chi connectivity index (χ4v) is 3.97. The first kappa shape index (κ1) is 14.2. The van der Waals surface area contributed by atoms with Crippen molar-refractivity contribution in [2.45, 2.75) is 19.0 Å². The molecule has 1 saturated heterocycles. The van der Waals surface area contributed by atoms with Crippen LogP contribution in [0.25, 0.3) is 11.4 Å². The molecule has 0 amide bonds. The van der Waals surface area contributed by atoms with E-state index in [1.165, 1.54) is 12.1 Å². The molecule has 1 atom stereocenters. The minimum atomic E-state index is -2.91. The quantitative estimate of drug-likeness (QED) is 0.912. The maximum atomic E-state index is 13.1. The maximum absolute atomic E-state index is 13.1. The lowest BCUT2D eigenvalue weighted by atomic mass is 10.2. The molecule has 1 N–H and O–H groups in total. The summed E-state index contributed by atoms with van der Waals surface area (Å²) in [6.07, 6.45) is 0.591. The molecule has 6 nitrogen and oxygen atoms in total. The highest BCUT2D eigenvalue weighted by molar-refractivity contribution is 7.91. The number of nitrogens with zero attached hydrogens (tertiary/aromatic N) is 2. The number of sulfone groups is 1. The van der Waals surface area contributed by atoms with Crippen LogP contribution in [0.3, 0.4) is 0 Å². The molecule has 1 aromatic carbocycles. The first-order chi connectivity index (χ1) is 10.0. The summed E-state index contributed by atoms with van der Waals surface area (Å²) in [5.74, 6) is 0.637. The molecule has 1 fully saturated rings. The Kier molecular flexibility index (Phi) is 3.73. The van der Waals surface area contributed by atoms with Crippen LogP contribution in [0, 0.1) is 5.82 Å². The van der Waals surface area contributed by atoms with Crippen molar-refractivity contribution in [2.24, 2.45) is 0 Å². The molecule has 1 unspecified atom stereocenters. The maximum Gasteiger partial charge on any atom is 0.240 e. The van der Waals surface area contributed by atoms with Crippen LogP contribution in [0.5, 0.6) is 0 Å². The van der Waals surface area contributed by atoms with Crippen molar-refractivity contribution < 1.29 is 17.3 Å². The van der Waals surface area contributed by atoms with Crippen molar-refractivity contribution >= 4 is 9.84 Å². The lowest BCUT2D eigenvalue weighted by Gasteiger charge is -2.07. The number of hydrogen-bond donors (Lipinski definition) is 1. The Morgan fingerprint density at radius 2 is 2.29 bits per heavy atom. The van der Waals surface area contributed by atoms with Crippen LogP contribution >= 0.6 is 0 Å². The van der Waals surface area contributed by atoms with Gasteiger partial charge in [-0.2, -0.15) is 4.98 Å². The molecule has 1 aliphatic heterocycles. The molecule has 1 aliphatic rings. The van der Waals surface area contributed by atoms with Crippen molar-refractivity contribution in [3.63, 3.8) is 0 Å². The molecule has 2 heterocycles. The second kappa shape index (κ2) is 5.53. The van der Waals surface area contributed by atoms with E-state index in [-0.39, 0.29) is 23.4 Å². The van der Waals surface area contributed by atoms with E-state index < -0.39 is 9.84 Å². The molecular weight excluding hydrogens is 297 g/mol. The van der Waals surface area contributed by atoms with Gasteiger partial charge < -0.3 is 9.84 Å². The zero-order valence-electron chi connectivity index (χ0n) is 11.1. The van der Waals surface area contributed by atoms with Gasteiger partial charge in [-0.1, -0.05) is 17.3 Å². The van der Waals surface area contributed by atoms with Gasteiger partial charge >= 0.3 is 0 Å². The third-order valence-electron chi connectivity index (χ3n) is 3.33. The summed E-state index contributed by atoms with van der Waals surface area (Å²) in [4.78, 5) is 4.16. The number of halogens is 1. The highest BCUT2D eigenvalue weighted by atomic mass is 32.2. The smallest absolute Gasteiger partial charge is 0.240 e. The topological polar surface area (TPSA) is 85.1 Å². The fraction of sp³-hybridized carbons (Fsp3) is 0.385. The van der Waals surface area contributed by atoms with E-state index in [1.54, 1.807) is 12.1 Å². The summed E-state index contributed by atoms with van der Waals surface area (Å²) in [7, 11) is -2.91. The minimum Gasteiger partial charge on any atom is -0.338 e. The first-order valence-corrected chi connectivity index (χ1v) is 8.36. The molecule has 8 heteroatoms. The van der Waals surface area contributed by atoms with Gasteiger partial charge in [0, 0.05) is 11.6 Å². The molecule has 1 aromatic heterocycles. The van der Waals surface area contributed by atoms with Gasteiger partial charge in [-0.3, -0.25) is 0 Å². The van der Waals surface area contributed by atoms with Crippen LogP contribution < -0.4 is 5.32 Å². The van der Waals surface area contributed by atoms with E-state index in [0.29, 0.717) is 30.2 Å². The highest BCUT2D eigenvalue weighted by Gasteiger charge is 2.27. The van der Waals surface area contributed by atoms with Crippen molar-refractivity contribution in [3.8, 4) is 11.4 Å². The fourth-order valence-electron chi connectivity index (χ4n) is 2.26. The monoisotopic (exact) mass is 311 g/mol. The molecule has 3 rings (SSSR count). The largest absolute Gasteiger partial charge is 0.338 e. The van der Waals surface area contributed by atoms with Crippen LogP contribution in [-0.4, -0.2) is 36.1 Å². The summed E-state index contributed by atoms with van der Waals surface area (Å²) in [5, 5.41) is 6.87. The zero-order chi connectivity index (χ0) is 14.9. The highest BCUT2D eigenvalue weighted by Crippen LogP contribution is 2.17. The van der Waals surface area contributed by atoms with Crippen molar-refractivity contribution in [1.82, 2.24) is 15.5 Å². The Morgan fingerprint density at radius 3 is 3.00 bits per heavy atom.